The lowest BCUT2D eigenvalue weighted by Crippen LogP contribution is -2.49. The van der Waals surface area contributed by atoms with Crippen LogP contribution in [-0.4, -0.2) is 47.8 Å². The number of esters is 1. The summed E-state index contributed by atoms with van der Waals surface area (Å²) in [4.78, 5) is 45.5. The second-order valence-corrected chi connectivity index (χ2v) is 7.07. The summed E-state index contributed by atoms with van der Waals surface area (Å²) < 4.78 is 6.18. The van der Waals surface area contributed by atoms with Crippen LogP contribution in [0.15, 0.2) is 29.2 Å². The summed E-state index contributed by atoms with van der Waals surface area (Å²) in [5, 5.41) is 2.73. The molecule has 1 unspecified atom stereocenters. The van der Waals surface area contributed by atoms with Crippen LogP contribution in [0.1, 0.15) is 22.5 Å². The predicted octanol–water partition coefficient (Wildman–Crippen LogP) is 1.51. The van der Waals surface area contributed by atoms with Crippen LogP contribution in [0, 0.1) is 6.92 Å². The Balaban J connectivity index is 1.73. The van der Waals surface area contributed by atoms with E-state index in [2.05, 4.69) is 15.2 Å². The summed E-state index contributed by atoms with van der Waals surface area (Å²) in [6, 6.07) is 4.49. The molecule has 2 aliphatic heterocycles. The average Bonchev–Trinajstić information content (AvgIpc) is 3.09. The number of urea groups is 1. The van der Waals surface area contributed by atoms with Crippen molar-refractivity contribution in [3.05, 3.63) is 46.0 Å². The molecule has 1 fully saturated rings. The van der Waals surface area contributed by atoms with Gasteiger partial charge in [0.1, 0.15) is 5.69 Å². The van der Waals surface area contributed by atoms with Crippen LogP contribution < -0.4 is 20.7 Å². The number of amides is 2. The van der Waals surface area contributed by atoms with Gasteiger partial charge in [0.15, 0.2) is 11.5 Å². The number of fused-ring (bicyclic) bond motifs is 4. The van der Waals surface area contributed by atoms with E-state index in [0.717, 1.165) is 24.2 Å². The number of aromatic nitrogens is 2. The van der Waals surface area contributed by atoms with Gasteiger partial charge in [-0.05, 0) is 37.1 Å². The van der Waals surface area contributed by atoms with Crippen LogP contribution in [-0.2, 0) is 11.8 Å². The van der Waals surface area contributed by atoms with Gasteiger partial charge in [-0.3, -0.25) is 9.69 Å². The maximum atomic E-state index is 13.1. The monoisotopic (exact) mass is 383 g/mol. The number of ether oxygens (including phenoxy) is 1. The Hall–Kier alpha value is -3.36. The quantitative estimate of drug-likeness (QED) is 0.790. The summed E-state index contributed by atoms with van der Waals surface area (Å²) >= 11 is 0. The zero-order valence-electron chi connectivity index (χ0n) is 15.9. The van der Waals surface area contributed by atoms with E-state index in [1.54, 1.807) is 36.3 Å². The number of carbonyl (C=O) groups excluding carboxylic acids is 2. The lowest BCUT2D eigenvalue weighted by atomic mass is 10.1. The van der Waals surface area contributed by atoms with Crippen molar-refractivity contribution in [2.24, 2.45) is 7.05 Å². The molecule has 1 saturated heterocycles. The summed E-state index contributed by atoms with van der Waals surface area (Å²) in [5.41, 5.74) is 1.69. The third-order valence-corrected chi connectivity index (χ3v) is 5.13. The summed E-state index contributed by atoms with van der Waals surface area (Å²) in [6.07, 6.45) is 2.48. The molecule has 28 heavy (non-hydrogen) atoms. The SMILES string of the molecule is COC(=O)c1ccc2c(n1)N(C(=O)Nc1cc(C)cn(C)c1=O)C1CCN2C1. The highest BCUT2D eigenvalue weighted by molar-refractivity contribution is 6.05. The van der Waals surface area contributed by atoms with Gasteiger partial charge in [0, 0.05) is 26.3 Å². The minimum Gasteiger partial charge on any atom is -0.464 e. The normalized spacial score (nSPS) is 17.3. The second kappa shape index (κ2) is 6.66. The van der Waals surface area contributed by atoms with E-state index in [4.69, 9.17) is 4.74 Å². The van der Waals surface area contributed by atoms with Gasteiger partial charge in [-0.2, -0.15) is 0 Å². The van der Waals surface area contributed by atoms with Crippen molar-refractivity contribution >= 4 is 29.2 Å². The van der Waals surface area contributed by atoms with E-state index in [9.17, 15) is 14.4 Å². The zero-order valence-corrected chi connectivity index (χ0v) is 15.9. The molecule has 4 rings (SSSR count). The molecule has 0 spiro atoms. The number of methoxy groups -OCH3 is 1. The predicted molar refractivity (Wildman–Crippen MR) is 104 cm³/mol. The molecule has 0 saturated carbocycles. The van der Waals surface area contributed by atoms with Gasteiger partial charge >= 0.3 is 12.0 Å². The third-order valence-electron chi connectivity index (χ3n) is 5.13. The Bertz CT molecular complexity index is 1030. The van der Waals surface area contributed by atoms with E-state index >= 15 is 0 Å². The minimum atomic E-state index is -0.566. The number of hydrogen-bond acceptors (Lipinski definition) is 6. The van der Waals surface area contributed by atoms with Gasteiger partial charge in [0.25, 0.3) is 5.56 Å². The molecule has 2 amide bonds. The van der Waals surface area contributed by atoms with Gasteiger partial charge < -0.3 is 19.5 Å². The smallest absolute Gasteiger partial charge is 0.356 e. The highest BCUT2D eigenvalue weighted by Gasteiger charge is 2.40. The lowest BCUT2D eigenvalue weighted by Gasteiger charge is -2.35. The first-order valence-electron chi connectivity index (χ1n) is 9.01. The number of nitrogens with zero attached hydrogens (tertiary/aromatic N) is 4. The van der Waals surface area contributed by atoms with Gasteiger partial charge in [0.2, 0.25) is 0 Å². The number of nitrogens with one attached hydrogen (secondary N) is 1. The van der Waals surface area contributed by atoms with E-state index < -0.39 is 12.0 Å². The molecule has 2 aliphatic rings. The topological polar surface area (TPSA) is 96.8 Å². The Morgan fingerprint density at radius 2 is 2.11 bits per heavy atom. The van der Waals surface area contributed by atoms with Crippen molar-refractivity contribution < 1.29 is 14.3 Å². The van der Waals surface area contributed by atoms with Crippen molar-refractivity contribution in [2.45, 2.75) is 19.4 Å². The van der Waals surface area contributed by atoms with E-state index in [1.807, 2.05) is 6.92 Å². The van der Waals surface area contributed by atoms with Gasteiger partial charge in [-0.1, -0.05) is 0 Å². The lowest BCUT2D eigenvalue weighted by molar-refractivity contribution is 0.0594. The molecule has 0 aliphatic carbocycles. The highest BCUT2D eigenvalue weighted by Crippen LogP contribution is 2.39. The fraction of sp³-hybridized carbons (Fsp3) is 0.368. The molecule has 0 radical (unpaired) electrons. The van der Waals surface area contributed by atoms with Crippen molar-refractivity contribution in [1.82, 2.24) is 9.55 Å². The Labute approximate surface area is 161 Å². The summed E-state index contributed by atoms with van der Waals surface area (Å²) in [7, 11) is 2.93. The van der Waals surface area contributed by atoms with E-state index in [1.165, 1.54) is 11.7 Å². The fourth-order valence-corrected chi connectivity index (χ4v) is 3.84. The molecule has 2 bridgehead atoms. The van der Waals surface area contributed by atoms with Gasteiger partial charge in [-0.25, -0.2) is 14.6 Å². The molecular weight excluding hydrogens is 362 g/mol. The molecule has 146 valence electrons. The first-order valence-corrected chi connectivity index (χ1v) is 9.01. The molecule has 2 aromatic rings. The third kappa shape index (κ3) is 2.88. The Morgan fingerprint density at radius 1 is 1.32 bits per heavy atom. The number of hydrogen-bond donors (Lipinski definition) is 1. The molecule has 9 nitrogen and oxygen atoms in total. The number of carbonyl (C=O) groups is 2. The average molecular weight is 383 g/mol. The first-order chi connectivity index (χ1) is 13.4. The van der Waals surface area contributed by atoms with Crippen LogP contribution in [0.3, 0.4) is 0 Å². The maximum absolute atomic E-state index is 13.1. The fourth-order valence-electron chi connectivity index (χ4n) is 3.84. The number of anilines is 3. The van der Waals surface area contributed by atoms with Crippen molar-refractivity contribution in [3.63, 3.8) is 0 Å². The van der Waals surface area contributed by atoms with Crippen molar-refractivity contribution in [2.75, 3.05) is 35.3 Å². The van der Waals surface area contributed by atoms with Crippen LogP contribution >= 0.6 is 0 Å². The molecule has 1 N–H and O–H groups in total. The zero-order chi connectivity index (χ0) is 20.0. The number of pyridine rings is 2. The number of rotatable bonds is 2. The molecule has 1 atom stereocenters. The first kappa shape index (κ1) is 18.0. The van der Waals surface area contributed by atoms with Crippen LogP contribution in [0.4, 0.5) is 22.0 Å². The van der Waals surface area contributed by atoms with Gasteiger partial charge in [0.05, 0.1) is 18.8 Å². The molecule has 9 heteroatoms. The largest absolute Gasteiger partial charge is 0.464 e. The highest BCUT2D eigenvalue weighted by atomic mass is 16.5. The molecule has 0 aromatic carbocycles. The summed E-state index contributed by atoms with van der Waals surface area (Å²) in [6.45, 7) is 3.34. The second-order valence-electron chi connectivity index (χ2n) is 7.07. The van der Waals surface area contributed by atoms with E-state index in [0.29, 0.717) is 12.4 Å². The minimum absolute atomic E-state index is 0.0819. The molecule has 2 aromatic heterocycles. The van der Waals surface area contributed by atoms with Gasteiger partial charge in [-0.15, -0.1) is 0 Å². The van der Waals surface area contributed by atoms with E-state index in [-0.39, 0.29) is 23.0 Å². The Morgan fingerprint density at radius 3 is 2.86 bits per heavy atom. The number of aryl methyl sites for hydroxylation is 2. The van der Waals surface area contributed by atoms with Crippen molar-refractivity contribution in [3.8, 4) is 0 Å². The molecule has 4 heterocycles. The maximum Gasteiger partial charge on any atom is 0.356 e. The van der Waals surface area contributed by atoms with Crippen LogP contribution in [0.25, 0.3) is 0 Å². The van der Waals surface area contributed by atoms with Crippen LogP contribution in [0.2, 0.25) is 0 Å². The Kier molecular flexibility index (Phi) is 4.29. The van der Waals surface area contributed by atoms with Crippen LogP contribution in [0.5, 0.6) is 0 Å². The standard InChI is InChI=1S/C19H21N5O4/c1-11-8-14(17(25)22(2)9-11)21-19(27)24-12-6-7-23(10-12)15-5-4-13(18(26)28-3)20-16(15)24/h4-5,8-9,12H,6-7,10H2,1-3H3,(H,21,27). The molecular formula is C19H21N5O4. The van der Waals surface area contributed by atoms with Crippen molar-refractivity contribution in [1.29, 1.82) is 0 Å². The summed E-state index contributed by atoms with van der Waals surface area (Å²) in [5.74, 6) is -0.165.